The smallest absolute Gasteiger partial charge is 0.329 e. The number of imidazole rings is 1. The van der Waals surface area contributed by atoms with E-state index in [0.29, 0.717) is 32.3 Å². The molecule has 1 fully saturated rings. The molecule has 2 aromatic carbocycles. The van der Waals surface area contributed by atoms with Gasteiger partial charge in [0.2, 0.25) is 5.91 Å². The number of hydrogen-bond acceptors (Lipinski definition) is 5. The Bertz CT molecular complexity index is 1200. The van der Waals surface area contributed by atoms with Crippen molar-refractivity contribution in [3.8, 4) is 5.75 Å². The van der Waals surface area contributed by atoms with Crippen molar-refractivity contribution in [1.82, 2.24) is 19.4 Å². The molecule has 0 bridgehead atoms. The number of para-hydroxylation sites is 2. The Balaban J connectivity index is 1.25. The van der Waals surface area contributed by atoms with Crippen LogP contribution in [0.15, 0.2) is 53.3 Å². The lowest BCUT2D eigenvalue weighted by atomic mass is 10.1. The molecule has 1 aromatic heterocycles. The van der Waals surface area contributed by atoms with Crippen molar-refractivity contribution in [3.05, 3.63) is 64.6 Å². The van der Waals surface area contributed by atoms with Gasteiger partial charge < -0.3 is 14.8 Å². The number of nitrogens with zero attached hydrogens (tertiary/aromatic N) is 3. The molecule has 1 amide bonds. The van der Waals surface area contributed by atoms with E-state index in [2.05, 4.69) is 24.2 Å². The molecule has 3 aromatic rings. The Hall–Kier alpha value is -3.10. The van der Waals surface area contributed by atoms with Gasteiger partial charge in [0.05, 0.1) is 11.0 Å². The molecule has 8 nitrogen and oxygen atoms in total. The van der Waals surface area contributed by atoms with Crippen LogP contribution in [0.2, 0.25) is 0 Å². The van der Waals surface area contributed by atoms with E-state index < -0.39 is 0 Å². The van der Waals surface area contributed by atoms with Crippen LogP contribution in [0.5, 0.6) is 5.75 Å². The Labute approximate surface area is 212 Å². The minimum absolute atomic E-state index is 0.0573. The van der Waals surface area contributed by atoms with Crippen LogP contribution < -0.4 is 15.7 Å². The molecule has 1 aliphatic rings. The molecule has 0 saturated carbocycles. The molecule has 194 valence electrons. The van der Waals surface area contributed by atoms with Crippen LogP contribution in [0.25, 0.3) is 11.0 Å². The number of nitrogens with one attached hydrogen (secondary N) is 1. The molecule has 0 atom stereocenters. The van der Waals surface area contributed by atoms with Gasteiger partial charge in [0.25, 0.3) is 0 Å². The van der Waals surface area contributed by atoms with E-state index in [4.69, 9.17) is 9.47 Å². The van der Waals surface area contributed by atoms with Crippen molar-refractivity contribution >= 4 is 16.9 Å². The molecule has 1 saturated heterocycles. The largest absolute Gasteiger partial charge is 0.492 e. The first-order valence-corrected chi connectivity index (χ1v) is 13.0. The number of amides is 1. The van der Waals surface area contributed by atoms with Gasteiger partial charge in [0.15, 0.2) is 0 Å². The van der Waals surface area contributed by atoms with Crippen LogP contribution in [0.3, 0.4) is 0 Å². The van der Waals surface area contributed by atoms with Crippen LogP contribution in [-0.2, 0) is 29.2 Å². The zero-order valence-electron chi connectivity index (χ0n) is 21.4. The van der Waals surface area contributed by atoms with E-state index in [0.717, 1.165) is 61.4 Å². The molecule has 0 aliphatic carbocycles. The number of aromatic nitrogens is 2. The fourth-order valence-electron chi connectivity index (χ4n) is 4.79. The number of carbonyl (C=O) groups is 1. The second kappa shape index (κ2) is 12.7. The summed E-state index contributed by atoms with van der Waals surface area (Å²) in [6, 6.07) is 16.2. The highest BCUT2D eigenvalue weighted by atomic mass is 16.5. The first-order valence-electron chi connectivity index (χ1n) is 13.0. The van der Waals surface area contributed by atoms with Crippen molar-refractivity contribution in [2.45, 2.75) is 58.3 Å². The second-order valence-electron chi connectivity index (χ2n) is 9.42. The molecule has 8 heteroatoms. The zero-order valence-corrected chi connectivity index (χ0v) is 21.4. The first kappa shape index (κ1) is 26.0. The summed E-state index contributed by atoms with van der Waals surface area (Å²) >= 11 is 0. The molecule has 0 radical (unpaired) electrons. The number of likely N-dealkylation sites (N-methyl/N-ethyl adjacent to an activating group) is 1. The lowest BCUT2D eigenvalue weighted by Gasteiger charge is -2.31. The summed E-state index contributed by atoms with van der Waals surface area (Å²) in [7, 11) is 2.14. The molecular formula is C28H38N4O4. The fraction of sp³-hybridized carbons (Fsp3) is 0.500. The monoisotopic (exact) mass is 494 g/mol. The Morgan fingerprint density at radius 3 is 2.53 bits per heavy atom. The SMILES string of the molecule is CCCn1c(=O)n(CCC(=O)NCc2cccc(OCCN(C)C3CCOCC3)c2)c2ccccc21. The normalized spacial score (nSPS) is 14.4. The molecule has 0 unspecified atom stereocenters. The minimum atomic E-state index is -0.0846. The predicted molar refractivity (Wildman–Crippen MR) is 141 cm³/mol. The van der Waals surface area contributed by atoms with E-state index in [1.165, 1.54) is 0 Å². The van der Waals surface area contributed by atoms with Gasteiger partial charge in [-0.1, -0.05) is 31.2 Å². The van der Waals surface area contributed by atoms with Crippen molar-refractivity contribution in [2.75, 3.05) is 33.4 Å². The summed E-state index contributed by atoms with van der Waals surface area (Å²) in [4.78, 5) is 27.8. The van der Waals surface area contributed by atoms with Gasteiger partial charge in [-0.2, -0.15) is 0 Å². The summed E-state index contributed by atoms with van der Waals surface area (Å²) in [6.45, 7) is 6.64. The molecule has 36 heavy (non-hydrogen) atoms. The summed E-state index contributed by atoms with van der Waals surface area (Å²) in [6.07, 6.45) is 3.26. The third kappa shape index (κ3) is 6.56. The van der Waals surface area contributed by atoms with Gasteiger partial charge >= 0.3 is 5.69 Å². The summed E-state index contributed by atoms with van der Waals surface area (Å²) in [5.41, 5.74) is 2.71. The lowest BCUT2D eigenvalue weighted by molar-refractivity contribution is -0.121. The maximum Gasteiger partial charge on any atom is 0.329 e. The standard InChI is InChI=1S/C28H38N4O4/c1-3-14-31-25-9-4-5-10-26(25)32(28(31)34)15-11-27(33)29-21-22-7-6-8-24(20-22)36-19-16-30(2)23-12-17-35-18-13-23/h4-10,20,23H,3,11-19,21H2,1-2H3,(H,29,33). The maximum atomic E-state index is 12.9. The molecule has 1 aliphatic heterocycles. The van der Waals surface area contributed by atoms with Gasteiger partial charge in [0, 0.05) is 51.9 Å². The number of benzene rings is 2. The van der Waals surface area contributed by atoms with E-state index in [9.17, 15) is 9.59 Å². The van der Waals surface area contributed by atoms with Crippen LogP contribution >= 0.6 is 0 Å². The van der Waals surface area contributed by atoms with Crippen LogP contribution in [0.1, 0.15) is 38.2 Å². The molecule has 0 spiro atoms. The summed E-state index contributed by atoms with van der Waals surface area (Å²) < 4.78 is 14.9. The highest BCUT2D eigenvalue weighted by Crippen LogP contribution is 2.16. The number of ether oxygens (including phenoxy) is 2. The number of aryl methyl sites for hydroxylation is 2. The van der Waals surface area contributed by atoms with Gasteiger partial charge in [-0.15, -0.1) is 0 Å². The number of carbonyl (C=O) groups excluding carboxylic acids is 1. The maximum absolute atomic E-state index is 12.9. The minimum Gasteiger partial charge on any atom is -0.492 e. The molecule has 2 heterocycles. The average molecular weight is 495 g/mol. The number of fused-ring (bicyclic) bond motifs is 1. The number of hydrogen-bond donors (Lipinski definition) is 1. The van der Waals surface area contributed by atoms with E-state index in [1.807, 2.05) is 48.5 Å². The first-order chi connectivity index (χ1) is 17.6. The van der Waals surface area contributed by atoms with E-state index >= 15 is 0 Å². The molecule has 4 rings (SSSR count). The van der Waals surface area contributed by atoms with Crippen LogP contribution in [0.4, 0.5) is 0 Å². The van der Waals surface area contributed by atoms with Crippen molar-refractivity contribution in [1.29, 1.82) is 0 Å². The second-order valence-corrected chi connectivity index (χ2v) is 9.42. The quantitative estimate of drug-likeness (QED) is 0.418. The van der Waals surface area contributed by atoms with E-state index in [-0.39, 0.29) is 18.0 Å². The van der Waals surface area contributed by atoms with Crippen molar-refractivity contribution in [3.63, 3.8) is 0 Å². The highest BCUT2D eigenvalue weighted by Gasteiger charge is 2.18. The topological polar surface area (TPSA) is 77.7 Å². The predicted octanol–water partition coefficient (Wildman–Crippen LogP) is 3.41. The van der Waals surface area contributed by atoms with Gasteiger partial charge in [0.1, 0.15) is 12.4 Å². The highest BCUT2D eigenvalue weighted by molar-refractivity contribution is 5.78. The van der Waals surface area contributed by atoms with Gasteiger partial charge in [-0.3, -0.25) is 18.8 Å². The Morgan fingerprint density at radius 1 is 1.08 bits per heavy atom. The van der Waals surface area contributed by atoms with Crippen molar-refractivity contribution in [2.24, 2.45) is 0 Å². The molecule has 1 N–H and O–H groups in total. The molecular weight excluding hydrogens is 456 g/mol. The van der Waals surface area contributed by atoms with Crippen molar-refractivity contribution < 1.29 is 14.3 Å². The summed E-state index contributed by atoms with van der Waals surface area (Å²) in [5, 5.41) is 2.98. The average Bonchev–Trinajstić information content (AvgIpc) is 3.17. The Kier molecular flexibility index (Phi) is 9.19. The Morgan fingerprint density at radius 2 is 1.81 bits per heavy atom. The summed E-state index contributed by atoms with van der Waals surface area (Å²) in [5.74, 6) is 0.719. The van der Waals surface area contributed by atoms with Gasteiger partial charge in [-0.25, -0.2) is 4.79 Å². The zero-order chi connectivity index (χ0) is 25.3. The van der Waals surface area contributed by atoms with Crippen LogP contribution in [0, 0.1) is 0 Å². The third-order valence-electron chi connectivity index (χ3n) is 6.85. The lowest BCUT2D eigenvalue weighted by Crippen LogP contribution is -2.38. The van der Waals surface area contributed by atoms with Gasteiger partial charge in [-0.05, 0) is 56.1 Å². The number of rotatable bonds is 12. The van der Waals surface area contributed by atoms with E-state index in [1.54, 1.807) is 9.13 Å². The fourth-order valence-corrected chi connectivity index (χ4v) is 4.79. The van der Waals surface area contributed by atoms with Crippen LogP contribution in [-0.4, -0.2) is 59.4 Å². The third-order valence-corrected chi connectivity index (χ3v) is 6.85.